The van der Waals surface area contributed by atoms with E-state index in [4.69, 9.17) is 0 Å². The Hall–Kier alpha value is -0.0800. The summed E-state index contributed by atoms with van der Waals surface area (Å²) in [5, 5.41) is 3.50. The first-order chi connectivity index (χ1) is 9.15. The first kappa shape index (κ1) is 12.6. The predicted molar refractivity (Wildman–Crippen MR) is 79.1 cm³/mol. The first-order valence-corrected chi connectivity index (χ1v) is 8.59. The zero-order chi connectivity index (χ0) is 13.0. The Bertz CT molecular complexity index is 331. The summed E-state index contributed by atoms with van der Waals surface area (Å²) in [6.07, 6.45) is 7.76. The molecule has 3 unspecified atom stereocenters. The Kier molecular flexibility index (Phi) is 2.97. The van der Waals surface area contributed by atoms with Crippen LogP contribution in [-0.2, 0) is 0 Å². The average Bonchev–Trinajstić information content (AvgIpc) is 2.37. The Balaban J connectivity index is 1.52. The van der Waals surface area contributed by atoms with Gasteiger partial charge in [0.1, 0.15) is 0 Å². The zero-order valence-corrected chi connectivity index (χ0v) is 12.7. The quantitative estimate of drug-likeness (QED) is 0.823. The highest BCUT2D eigenvalue weighted by Gasteiger charge is 2.54. The number of hydrogen-bond acceptors (Lipinski definition) is 2. The summed E-state index contributed by atoms with van der Waals surface area (Å²) in [5.74, 6) is 4.22. The fourth-order valence-electron chi connectivity index (χ4n) is 6.59. The van der Waals surface area contributed by atoms with Gasteiger partial charge >= 0.3 is 0 Å². The standard InChI is InChI=1S/C17H30N2/c1-12(19-5-3-18-4-6-19)16-14-7-13-8-15(16)11-17(2,9-13)10-14/h12-16,18H,3-11H2,1-2H3. The molecule has 1 heterocycles. The van der Waals surface area contributed by atoms with Crippen LogP contribution in [0.5, 0.6) is 0 Å². The molecule has 3 atom stereocenters. The molecule has 4 bridgehead atoms. The maximum absolute atomic E-state index is 3.50. The van der Waals surface area contributed by atoms with Crippen LogP contribution in [-0.4, -0.2) is 37.1 Å². The molecule has 1 N–H and O–H groups in total. The lowest BCUT2D eigenvalue weighted by atomic mass is 9.45. The van der Waals surface area contributed by atoms with Crippen molar-refractivity contribution in [1.82, 2.24) is 10.2 Å². The SMILES string of the molecule is CC(C1C2CC3CC1CC(C)(C3)C2)N1CCNCC1. The monoisotopic (exact) mass is 262 g/mol. The van der Waals surface area contributed by atoms with E-state index in [1.165, 1.54) is 26.2 Å². The lowest BCUT2D eigenvalue weighted by Gasteiger charge is -2.61. The van der Waals surface area contributed by atoms with Gasteiger partial charge in [-0.05, 0) is 68.1 Å². The van der Waals surface area contributed by atoms with Crippen LogP contribution in [0.1, 0.15) is 46.0 Å². The molecule has 4 saturated carbocycles. The van der Waals surface area contributed by atoms with E-state index in [1.54, 1.807) is 32.1 Å². The molecule has 2 nitrogen and oxygen atoms in total. The predicted octanol–water partition coefficient (Wildman–Crippen LogP) is 2.74. The van der Waals surface area contributed by atoms with Gasteiger partial charge in [-0.1, -0.05) is 6.92 Å². The molecule has 4 aliphatic carbocycles. The normalized spacial score (nSPS) is 51.5. The molecule has 0 aromatic heterocycles. The van der Waals surface area contributed by atoms with E-state index in [1.807, 2.05) is 0 Å². The highest BCUT2D eigenvalue weighted by atomic mass is 15.2. The van der Waals surface area contributed by atoms with Gasteiger partial charge in [-0.15, -0.1) is 0 Å². The van der Waals surface area contributed by atoms with Crippen LogP contribution < -0.4 is 5.32 Å². The van der Waals surface area contributed by atoms with Crippen molar-refractivity contribution in [3.05, 3.63) is 0 Å². The largest absolute Gasteiger partial charge is 0.314 e. The van der Waals surface area contributed by atoms with E-state index in [2.05, 4.69) is 24.1 Å². The summed E-state index contributed by atoms with van der Waals surface area (Å²) in [4.78, 5) is 2.78. The molecule has 1 saturated heterocycles. The summed E-state index contributed by atoms with van der Waals surface area (Å²) < 4.78 is 0. The lowest BCUT2D eigenvalue weighted by molar-refractivity contribution is -0.111. The number of hydrogen-bond donors (Lipinski definition) is 1. The second kappa shape index (κ2) is 4.46. The van der Waals surface area contributed by atoms with E-state index in [0.29, 0.717) is 0 Å². The third kappa shape index (κ3) is 2.06. The summed E-state index contributed by atoms with van der Waals surface area (Å²) in [6, 6.07) is 0.834. The average molecular weight is 262 g/mol. The van der Waals surface area contributed by atoms with Crippen molar-refractivity contribution >= 4 is 0 Å². The Morgan fingerprint density at radius 3 is 2.26 bits per heavy atom. The van der Waals surface area contributed by atoms with Crippen molar-refractivity contribution in [2.45, 2.75) is 52.0 Å². The van der Waals surface area contributed by atoms with E-state index in [-0.39, 0.29) is 0 Å². The van der Waals surface area contributed by atoms with Crippen LogP contribution in [0.25, 0.3) is 0 Å². The minimum absolute atomic E-state index is 0.732. The molecule has 0 amide bonds. The lowest BCUT2D eigenvalue weighted by Crippen LogP contribution is -2.58. The molecule has 1 aliphatic heterocycles. The van der Waals surface area contributed by atoms with Crippen molar-refractivity contribution in [3.8, 4) is 0 Å². The van der Waals surface area contributed by atoms with Gasteiger partial charge in [0.05, 0.1) is 0 Å². The minimum Gasteiger partial charge on any atom is -0.314 e. The molecular weight excluding hydrogens is 232 g/mol. The van der Waals surface area contributed by atoms with E-state index in [9.17, 15) is 0 Å². The summed E-state index contributed by atoms with van der Waals surface area (Å²) >= 11 is 0. The Morgan fingerprint density at radius 1 is 1.05 bits per heavy atom. The van der Waals surface area contributed by atoms with Crippen molar-refractivity contribution < 1.29 is 0 Å². The number of nitrogens with one attached hydrogen (secondary N) is 1. The Labute approximate surface area is 118 Å². The summed E-state index contributed by atoms with van der Waals surface area (Å²) in [7, 11) is 0. The summed E-state index contributed by atoms with van der Waals surface area (Å²) in [6.45, 7) is 10.1. The maximum atomic E-state index is 3.50. The van der Waals surface area contributed by atoms with Gasteiger partial charge in [0, 0.05) is 32.2 Å². The fourth-order valence-corrected chi connectivity index (χ4v) is 6.59. The van der Waals surface area contributed by atoms with Gasteiger partial charge < -0.3 is 5.32 Å². The van der Waals surface area contributed by atoms with Gasteiger partial charge in [-0.2, -0.15) is 0 Å². The molecule has 0 radical (unpaired) electrons. The van der Waals surface area contributed by atoms with Crippen molar-refractivity contribution in [2.24, 2.45) is 29.1 Å². The van der Waals surface area contributed by atoms with E-state index in [0.717, 1.165) is 35.1 Å². The zero-order valence-electron chi connectivity index (χ0n) is 12.7. The molecule has 0 aromatic rings. The smallest absolute Gasteiger partial charge is 0.0110 e. The van der Waals surface area contributed by atoms with Gasteiger partial charge in [0.15, 0.2) is 0 Å². The van der Waals surface area contributed by atoms with Crippen LogP contribution in [0.2, 0.25) is 0 Å². The van der Waals surface area contributed by atoms with Gasteiger partial charge in [0.2, 0.25) is 0 Å². The van der Waals surface area contributed by atoms with Crippen molar-refractivity contribution in [2.75, 3.05) is 26.2 Å². The first-order valence-electron chi connectivity index (χ1n) is 8.59. The highest BCUT2D eigenvalue weighted by Crippen LogP contribution is 2.62. The number of nitrogens with zero attached hydrogens (tertiary/aromatic N) is 1. The molecular formula is C17H30N2. The second-order valence-electron chi connectivity index (χ2n) is 8.38. The molecule has 2 heteroatoms. The number of piperazine rings is 1. The van der Waals surface area contributed by atoms with Crippen molar-refractivity contribution in [1.29, 1.82) is 0 Å². The molecule has 0 aromatic carbocycles. The molecule has 108 valence electrons. The molecule has 5 fully saturated rings. The van der Waals surface area contributed by atoms with Crippen LogP contribution in [0, 0.1) is 29.1 Å². The van der Waals surface area contributed by atoms with Crippen LogP contribution in [0.4, 0.5) is 0 Å². The number of rotatable bonds is 2. The third-order valence-electron chi connectivity index (χ3n) is 6.94. The topological polar surface area (TPSA) is 15.3 Å². The second-order valence-corrected chi connectivity index (χ2v) is 8.38. The van der Waals surface area contributed by atoms with Gasteiger partial charge in [-0.3, -0.25) is 4.90 Å². The van der Waals surface area contributed by atoms with E-state index < -0.39 is 0 Å². The van der Waals surface area contributed by atoms with Crippen LogP contribution in [0.15, 0.2) is 0 Å². The molecule has 19 heavy (non-hydrogen) atoms. The maximum Gasteiger partial charge on any atom is 0.0110 e. The molecule has 0 spiro atoms. The Morgan fingerprint density at radius 2 is 1.68 bits per heavy atom. The molecule has 5 aliphatic rings. The van der Waals surface area contributed by atoms with Gasteiger partial charge in [-0.25, -0.2) is 0 Å². The van der Waals surface area contributed by atoms with Crippen molar-refractivity contribution in [3.63, 3.8) is 0 Å². The molecule has 5 rings (SSSR count). The highest BCUT2D eigenvalue weighted by molar-refractivity contribution is 5.05. The van der Waals surface area contributed by atoms with Crippen LogP contribution in [0.3, 0.4) is 0 Å². The van der Waals surface area contributed by atoms with Crippen LogP contribution >= 0.6 is 0 Å². The third-order valence-corrected chi connectivity index (χ3v) is 6.94. The fraction of sp³-hybridized carbons (Fsp3) is 1.00. The van der Waals surface area contributed by atoms with Gasteiger partial charge in [0.25, 0.3) is 0 Å². The van der Waals surface area contributed by atoms with E-state index >= 15 is 0 Å². The minimum atomic E-state index is 0.732. The summed E-state index contributed by atoms with van der Waals surface area (Å²) in [5.41, 5.74) is 0.732.